The number of aromatic nitrogens is 1. The van der Waals surface area contributed by atoms with Gasteiger partial charge in [0.15, 0.2) is 0 Å². The van der Waals surface area contributed by atoms with Gasteiger partial charge >= 0.3 is 12.3 Å². The first-order chi connectivity index (χ1) is 32.2. The van der Waals surface area contributed by atoms with E-state index < -0.39 is 86.4 Å². The van der Waals surface area contributed by atoms with Crippen LogP contribution in [0.25, 0.3) is 22.0 Å². The van der Waals surface area contributed by atoms with Crippen molar-refractivity contribution in [2.75, 3.05) is 44.9 Å². The van der Waals surface area contributed by atoms with Crippen LogP contribution in [-0.4, -0.2) is 123 Å². The van der Waals surface area contributed by atoms with Crippen LogP contribution in [0.3, 0.4) is 0 Å². The quantitative estimate of drug-likeness (QED) is 0.200. The maximum absolute atomic E-state index is 15.0. The zero-order chi connectivity index (χ0) is 48.8. The molecule has 3 aromatic rings. The van der Waals surface area contributed by atoms with E-state index in [9.17, 15) is 36.0 Å². The number of amides is 4. The number of pyridine rings is 1. The summed E-state index contributed by atoms with van der Waals surface area (Å²) >= 11 is 0. The van der Waals surface area contributed by atoms with Crippen molar-refractivity contribution in [2.45, 2.75) is 113 Å². The van der Waals surface area contributed by atoms with Gasteiger partial charge in [0.25, 0.3) is 5.91 Å². The highest BCUT2D eigenvalue weighted by Gasteiger charge is 2.62. The minimum absolute atomic E-state index is 0.0542. The number of anilines is 1. The molecule has 3 N–H and O–H groups in total. The van der Waals surface area contributed by atoms with E-state index in [1.807, 2.05) is 49.4 Å². The molecule has 0 radical (unpaired) electrons. The number of benzene rings is 2. The van der Waals surface area contributed by atoms with Crippen molar-refractivity contribution in [3.8, 4) is 22.9 Å². The average Bonchev–Trinajstić information content (AvgIpc) is 4.23. The summed E-state index contributed by atoms with van der Waals surface area (Å²) in [5.41, 5.74) is -2.19. The Bertz CT molecular complexity index is 2550. The summed E-state index contributed by atoms with van der Waals surface area (Å²) in [6.07, 6.45) is -1.42. The Hall–Kier alpha value is -5.63. The molecular weight excluding hydrogens is 910 g/mol. The first kappa shape index (κ1) is 48.8. The number of rotatable bonds is 10. The first-order valence-electron chi connectivity index (χ1n) is 23.2. The van der Waals surface area contributed by atoms with Gasteiger partial charge in [-0.1, -0.05) is 38.1 Å². The molecule has 4 fully saturated rings. The molecule has 2 aromatic carbocycles. The van der Waals surface area contributed by atoms with Crippen LogP contribution < -0.4 is 29.7 Å². The number of fused-ring (bicyclic) bond motifs is 3. The number of hydrogen-bond acceptors (Lipinski definition) is 12. The van der Waals surface area contributed by atoms with E-state index in [2.05, 4.69) is 20.3 Å². The van der Waals surface area contributed by atoms with E-state index in [0.29, 0.717) is 76.0 Å². The van der Waals surface area contributed by atoms with Crippen LogP contribution in [-0.2, 0) is 33.9 Å². The Balaban J connectivity index is 1.14. The normalized spacial score (nSPS) is 27.7. The standard InChI is InChI=1S/C48H59F3N6O10S/c1-28-8-6-7-9-32-26-47(32,44(60)55-68(62,63)36-15-16-36)54-41(58)39-25-35(27-57(39)43(59)40(29(2)22-28)53-45(61)67-46(3,4)48(49,50)51)66-42-37-17-14-34(64-5)23-31(37)24-38(52-42)30-10-12-33(13-11-30)56-18-20-65-21-19-56/h7,9-14,17,23-24,28-29,32,35-36,39-40H,6,8,15-16,18-22,25-27H2,1-5H3,(H,53,61)(H,54,58)(H,55,60)/b9-7-/t28-,29+,32+,35+,39-,40-,47+/m0/s1. The van der Waals surface area contributed by atoms with Gasteiger partial charge in [-0.2, -0.15) is 13.2 Å². The number of methoxy groups -OCH3 is 1. The number of carbonyl (C=O) groups excluding carboxylic acids is 4. The maximum atomic E-state index is 15.0. The number of carbonyl (C=O) groups is 4. The molecule has 2 aliphatic carbocycles. The monoisotopic (exact) mass is 968 g/mol. The van der Waals surface area contributed by atoms with Crippen LogP contribution in [0.2, 0.25) is 0 Å². The molecular formula is C48H59F3N6O10S. The molecule has 0 bridgehead atoms. The minimum Gasteiger partial charge on any atom is -0.497 e. The number of ether oxygens (including phenoxy) is 4. The first-order valence-corrected chi connectivity index (χ1v) is 24.7. The van der Waals surface area contributed by atoms with Crippen molar-refractivity contribution in [3.05, 3.63) is 60.7 Å². The Kier molecular flexibility index (Phi) is 13.7. The zero-order valence-corrected chi connectivity index (χ0v) is 39.6. The van der Waals surface area contributed by atoms with Gasteiger partial charge in [0.1, 0.15) is 29.5 Å². The molecule has 0 unspecified atom stereocenters. The predicted molar refractivity (Wildman–Crippen MR) is 245 cm³/mol. The minimum atomic E-state index is -4.93. The average molecular weight is 969 g/mol. The molecule has 8 rings (SSSR count). The Morgan fingerprint density at radius 1 is 0.985 bits per heavy atom. The summed E-state index contributed by atoms with van der Waals surface area (Å²) in [6, 6.07) is 12.4. The number of sulfonamides is 1. The summed E-state index contributed by atoms with van der Waals surface area (Å²) < 4.78 is 92.6. The number of nitrogens with one attached hydrogen (secondary N) is 3. The highest BCUT2D eigenvalue weighted by molar-refractivity contribution is 7.91. The van der Waals surface area contributed by atoms with Crippen molar-refractivity contribution in [1.29, 1.82) is 0 Å². The number of allylic oxidation sites excluding steroid dienone is 1. The molecule has 16 nitrogen and oxygen atoms in total. The van der Waals surface area contributed by atoms with Crippen LogP contribution in [0.15, 0.2) is 60.7 Å². The van der Waals surface area contributed by atoms with Crippen LogP contribution in [0.5, 0.6) is 11.6 Å². The largest absolute Gasteiger partial charge is 0.497 e. The molecule has 7 atom stereocenters. The summed E-state index contributed by atoms with van der Waals surface area (Å²) in [6.45, 7) is 7.57. The highest BCUT2D eigenvalue weighted by atomic mass is 32.2. The lowest BCUT2D eigenvalue weighted by atomic mass is 9.88. The van der Waals surface area contributed by atoms with E-state index in [0.717, 1.165) is 29.7 Å². The SMILES string of the molecule is COc1ccc2c(O[C@@H]3C[C@H]4C(=O)N[C@]5(C(=O)NS(=O)(=O)C6CC6)C[C@H]5/C=C\CC[C@H](C)C[C@@H](C)[C@H](NC(=O)OC(C)(C)C(F)(F)F)C(=O)N4C3)nc(-c3ccc(N4CCOCC4)cc3)cc2c1. The van der Waals surface area contributed by atoms with E-state index in [-0.39, 0.29) is 31.2 Å². The molecule has 2 saturated carbocycles. The predicted octanol–water partition coefficient (Wildman–Crippen LogP) is 6.03. The highest BCUT2D eigenvalue weighted by Crippen LogP contribution is 2.46. The van der Waals surface area contributed by atoms with Crippen LogP contribution in [0, 0.1) is 17.8 Å². The molecule has 0 spiro atoms. The third-order valence-electron chi connectivity index (χ3n) is 13.7. The molecule has 368 valence electrons. The lowest BCUT2D eigenvalue weighted by molar-refractivity contribution is -0.244. The smallest absolute Gasteiger partial charge is 0.427 e. The molecule has 3 aliphatic heterocycles. The second-order valence-corrected chi connectivity index (χ2v) is 21.3. The number of morpholine rings is 1. The molecule has 20 heteroatoms. The van der Waals surface area contributed by atoms with Gasteiger partial charge in [-0.05, 0) is 106 Å². The number of halogens is 3. The third-order valence-corrected chi connectivity index (χ3v) is 15.6. The maximum Gasteiger partial charge on any atom is 0.427 e. The summed E-state index contributed by atoms with van der Waals surface area (Å²) in [5, 5.41) is 5.85. The van der Waals surface area contributed by atoms with Gasteiger partial charge in [0.2, 0.25) is 33.3 Å². The second-order valence-electron chi connectivity index (χ2n) is 19.3. The van der Waals surface area contributed by atoms with Crippen LogP contribution >= 0.6 is 0 Å². The molecule has 2 saturated heterocycles. The third kappa shape index (κ3) is 10.5. The lowest BCUT2D eigenvalue weighted by Crippen LogP contribution is -2.59. The van der Waals surface area contributed by atoms with Crippen LogP contribution in [0.1, 0.15) is 72.6 Å². The van der Waals surface area contributed by atoms with E-state index in [4.69, 9.17) is 23.9 Å². The fraction of sp³-hybridized carbons (Fsp3) is 0.562. The Morgan fingerprint density at radius 2 is 1.71 bits per heavy atom. The Morgan fingerprint density at radius 3 is 2.38 bits per heavy atom. The fourth-order valence-corrected chi connectivity index (χ4v) is 10.7. The summed E-state index contributed by atoms with van der Waals surface area (Å²) in [7, 11) is -2.46. The molecule has 4 heterocycles. The van der Waals surface area contributed by atoms with E-state index >= 15 is 4.79 Å². The number of alkyl halides is 3. The molecule has 1 aromatic heterocycles. The summed E-state index contributed by atoms with van der Waals surface area (Å²) in [5.74, 6) is -2.98. The van der Waals surface area contributed by atoms with Gasteiger partial charge in [-0.25, -0.2) is 18.2 Å². The van der Waals surface area contributed by atoms with Crippen molar-refractivity contribution >= 4 is 50.3 Å². The van der Waals surface area contributed by atoms with Gasteiger partial charge in [-0.3, -0.25) is 19.1 Å². The summed E-state index contributed by atoms with van der Waals surface area (Å²) in [4.78, 5) is 65.5. The van der Waals surface area contributed by atoms with E-state index in [1.54, 1.807) is 32.2 Å². The zero-order valence-electron chi connectivity index (χ0n) is 38.8. The van der Waals surface area contributed by atoms with Crippen molar-refractivity contribution in [3.63, 3.8) is 0 Å². The number of nitrogens with zero attached hydrogens (tertiary/aromatic N) is 3. The number of hydrogen-bond donors (Lipinski definition) is 3. The number of alkyl carbamates (subject to hydrolysis) is 1. The van der Waals surface area contributed by atoms with Gasteiger partial charge in [0.05, 0.1) is 37.8 Å². The van der Waals surface area contributed by atoms with Crippen molar-refractivity contribution < 1.29 is 59.7 Å². The van der Waals surface area contributed by atoms with Gasteiger partial charge in [-0.15, -0.1) is 0 Å². The molecule has 4 amide bonds. The second kappa shape index (κ2) is 19.0. The lowest BCUT2D eigenvalue weighted by Gasteiger charge is -2.34. The fourth-order valence-electron chi connectivity index (χ4n) is 9.34. The molecule has 5 aliphatic rings. The molecule has 68 heavy (non-hydrogen) atoms. The van der Waals surface area contributed by atoms with Crippen LogP contribution in [0.4, 0.5) is 23.7 Å². The van der Waals surface area contributed by atoms with Gasteiger partial charge < -0.3 is 39.4 Å². The van der Waals surface area contributed by atoms with Crippen molar-refractivity contribution in [2.24, 2.45) is 17.8 Å². The van der Waals surface area contributed by atoms with Gasteiger partial charge in [0, 0.05) is 42.1 Å². The van der Waals surface area contributed by atoms with Crippen molar-refractivity contribution in [1.82, 2.24) is 25.2 Å². The van der Waals surface area contributed by atoms with E-state index in [1.165, 1.54) is 4.90 Å². The Labute approximate surface area is 393 Å². The topological polar surface area (TPSA) is 195 Å².